The summed E-state index contributed by atoms with van der Waals surface area (Å²) >= 11 is 0. The van der Waals surface area contributed by atoms with Crippen molar-refractivity contribution in [3.05, 3.63) is 132 Å². The molecule has 37 heavy (non-hydrogen) atoms. The van der Waals surface area contributed by atoms with Gasteiger partial charge in [-0.15, -0.1) is 132 Å². The van der Waals surface area contributed by atoms with Gasteiger partial charge >= 0.3 is 10.4 Å². The lowest BCUT2D eigenvalue weighted by atomic mass is 10.5. The Kier molecular flexibility index (Phi) is 526. The Bertz CT molecular complexity index is 313. The molecule has 0 aliphatic carbocycles. The van der Waals surface area contributed by atoms with Gasteiger partial charge in [0.05, 0.1) is 19.3 Å². The molecule has 0 unspecified atom stereocenters. The van der Waals surface area contributed by atoms with Gasteiger partial charge in [-0.05, 0) is 27.7 Å². The molecule has 0 fully saturated rings. The van der Waals surface area contributed by atoms with Crippen molar-refractivity contribution in [1.82, 2.24) is 0 Å². The fourth-order valence-electron chi connectivity index (χ4n) is 0.447. The lowest BCUT2D eigenvalue weighted by Crippen LogP contribution is -2.10. The Morgan fingerprint density at radius 2 is 0.703 bits per heavy atom. The average molecular weight is 557 g/mol. The molecule has 3 N–H and O–H groups in total. The molecule has 8 heteroatoms. The SMILES string of the molecule is C=C.C=C.C=C.C=C.C=C.C=C.C=C.C=C.C=C.C=C.CC(C)OS(=O)(=O)O.CCOCC.OCCO. The molecule has 0 radical (unpaired) electrons. The molecule has 0 aliphatic rings. The summed E-state index contributed by atoms with van der Waals surface area (Å²) in [5.74, 6) is 0. The molecular weight excluding hydrogens is 492 g/mol. The van der Waals surface area contributed by atoms with Gasteiger partial charge in [0.15, 0.2) is 0 Å². The van der Waals surface area contributed by atoms with E-state index in [0.717, 1.165) is 13.2 Å². The quantitative estimate of drug-likeness (QED) is 0.231. The van der Waals surface area contributed by atoms with Crippen molar-refractivity contribution in [2.45, 2.75) is 33.8 Å². The van der Waals surface area contributed by atoms with Gasteiger partial charge in [0.1, 0.15) is 0 Å². The highest BCUT2D eigenvalue weighted by molar-refractivity contribution is 7.80. The minimum absolute atomic E-state index is 0.125. The molecule has 0 bridgehead atoms. The van der Waals surface area contributed by atoms with Gasteiger partial charge in [0.25, 0.3) is 0 Å². The predicted molar refractivity (Wildman–Crippen MR) is 177 cm³/mol. The van der Waals surface area contributed by atoms with Gasteiger partial charge in [0, 0.05) is 13.2 Å². The topological polar surface area (TPSA) is 113 Å². The van der Waals surface area contributed by atoms with Gasteiger partial charge in [-0.25, -0.2) is 4.18 Å². The Labute approximate surface area is 234 Å². The molecule has 0 rings (SSSR count). The van der Waals surface area contributed by atoms with E-state index in [1.165, 1.54) is 13.8 Å². The predicted octanol–water partition coefficient (Wildman–Crippen LogP) is 8.25. The highest BCUT2D eigenvalue weighted by atomic mass is 32.3. The van der Waals surface area contributed by atoms with E-state index in [-0.39, 0.29) is 13.2 Å². The van der Waals surface area contributed by atoms with Crippen molar-refractivity contribution in [1.29, 1.82) is 0 Å². The normalized spacial score (nSPS) is 5.73. The Balaban J connectivity index is -0.0000000162. The number of rotatable bonds is 5. The standard InChI is InChI=1S/C4H10O.C3H8O4S.C2H6O2.10C2H4/c1-3-5-4-2;1-3(2)7-8(4,5)6;3-1-2-4;10*1-2/h3-4H2,1-2H3;3H,1-2H3,(H,4,5,6);3-4H,1-2H2;10*1-2H2. The molecule has 0 spiro atoms. The monoisotopic (exact) mass is 556 g/mol. The van der Waals surface area contributed by atoms with Crippen LogP contribution in [-0.4, -0.2) is 55.7 Å². The molecule has 228 valence electrons. The zero-order valence-electron chi connectivity index (χ0n) is 24.9. The average Bonchev–Trinajstić information content (AvgIpc) is 2.99. The van der Waals surface area contributed by atoms with Gasteiger partial charge in [0.2, 0.25) is 0 Å². The molecule has 0 aromatic carbocycles. The van der Waals surface area contributed by atoms with E-state index in [1.807, 2.05) is 13.8 Å². The first-order valence-electron chi connectivity index (χ1n) is 10.2. The highest BCUT2D eigenvalue weighted by Crippen LogP contribution is 1.92. The maximum Gasteiger partial charge on any atom is 0.397 e. The second kappa shape index (κ2) is 232. The summed E-state index contributed by atoms with van der Waals surface area (Å²) < 4.78 is 36.3. The lowest BCUT2D eigenvalue weighted by molar-refractivity contribution is 0.162. The van der Waals surface area contributed by atoms with Crippen LogP contribution in [0.2, 0.25) is 0 Å². The van der Waals surface area contributed by atoms with Crippen LogP contribution in [0.3, 0.4) is 0 Å². The Hall–Kier alpha value is -2.85. The third-order valence-corrected chi connectivity index (χ3v) is 1.45. The second-order valence-corrected chi connectivity index (χ2v) is 3.85. The summed E-state index contributed by atoms with van der Waals surface area (Å²) in [6.07, 6.45) is -0.495. The maximum atomic E-state index is 9.78. The zero-order valence-corrected chi connectivity index (χ0v) is 25.7. The molecule has 0 aliphatic heterocycles. The first kappa shape index (κ1) is 83.9. The molecule has 0 saturated heterocycles. The van der Waals surface area contributed by atoms with Crippen molar-refractivity contribution in [2.24, 2.45) is 0 Å². The van der Waals surface area contributed by atoms with Crippen molar-refractivity contribution in [3.63, 3.8) is 0 Å². The second-order valence-electron chi connectivity index (χ2n) is 2.80. The number of hydrogen-bond acceptors (Lipinski definition) is 6. The first-order chi connectivity index (χ1) is 17.7. The van der Waals surface area contributed by atoms with Crippen molar-refractivity contribution in [2.75, 3.05) is 26.4 Å². The summed E-state index contributed by atoms with van der Waals surface area (Å²) in [7, 11) is -4.22. The van der Waals surface area contributed by atoms with Crippen LogP contribution < -0.4 is 0 Å². The number of ether oxygens (including phenoxy) is 1. The van der Waals surface area contributed by atoms with E-state index < -0.39 is 16.5 Å². The third-order valence-electron chi connectivity index (χ3n) is 0.822. The van der Waals surface area contributed by atoms with Gasteiger partial charge in [-0.2, -0.15) is 8.42 Å². The third kappa shape index (κ3) is 1210. The van der Waals surface area contributed by atoms with E-state index >= 15 is 0 Å². The molecular formula is C29H64O7S. The van der Waals surface area contributed by atoms with Gasteiger partial charge in [-0.3, -0.25) is 4.55 Å². The zero-order chi connectivity index (χ0) is 34.3. The van der Waals surface area contributed by atoms with Crippen LogP contribution in [0.15, 0.2) is 132 Å². The van der Waals surface area contributed by atoms with Crippen LogP contribution in [0.5, 0.6) is 0 Å². The van der Waals surface area contributed by atoms with E-state index in [4.69, 9.17) is 19.5 Å². The largest absolute Gasteiger partial charge is 0.397 e. The van der Waals surface area contributed by atoms with Crippen LogP contribution in [0.1, 0.15) is 27.7 Å². The highest BCUT2D eigenvalue weighted by Gasteiger charge is 2.05. The molecule has 0 aromatic heterocycles. The molecule has 0 heterocycles. The summed E-state index contributed by atoms with van der Waals surface area (Å²) in [6.45, 7) is 68.4. The summed E-state index contributed by atoms with van der Waals surface area (Å²) in [6, 6.07) is 0. The van der Waals surface area contributed by atoms with Gasteiger partial charge in [-0.1, -0.05) is 0 Å². The minimum Gasteiger partial charge on any atom is -0.394 e. The van der Waals surface area contributed by atoms with Crippen LogP contribution in [-0.2, 0) is 19.3 Å². The minimum atomic E-state index is -4.22. The Morgan fingerprint density at radius 1 is 0.541 bits per heavy atom. The van der Waals surface area contributed by atoms with Crippen molar-refractivity contribution in [3.8, 4) is 0 Å². The fraction of sp³-hybridized carbons (Fsp3) is 0.310. The van der Waals surface area contributed by atoms with Crippen LogP contribution in [0.4, 0.5) is 0 Å². The molecule has 0 aromatic rings. The molecule has 0 saturated carbocycles. The van der Waals surface area contributed by atoms with Crippen molar-refractivity contribution < 1.29 is 32.1 Å². The summed E-state index contributed by atoms with van der Waals surface area (Å²) in [5.41, 5.74) is 0. The van der Waals surface area contributed by atoms with Crippen LogP contribution in [0.25, 0.3) is 0 Å². The number of aliphatic hydroxyl groups excluding tert-OH is 2. The summed E-state index contributed by atoms with van der Waals surface area (Å²) in [4.78, 5) is 0. The first-order valence-corrected chi connectivity index (χ1v) is 11.6. The van der Waals surface area contributed by atoms with Gasteiger partial charge < -0.3 is 14.9 Å². The van der Waals surface area contributed by atoms with Crippen LogP contribution in [0, 0.1) is 0 Å². The number of aliphatic hydroxyl groups is 2. The summed E-state index contributed by atoms with van der Waals surface area (Å²) in [5, 5.41) is 15.2. The molecule has 0 amide bonds. The lowest BCUT2D eigenvalue weighted by Gasteiger charge is -1.99. The molecule has 0 atom stereocenters. The van der Waals surface area contributed by atoms with E-state index in [1.54, 1.807) is 0 Å². The van der Waals surface area contributed by atoms with E-state index in [0.29, 0.717) is 0 Å². The van der Waals surface area contributed by atoms with E-state index in [9.17, 15) is 8.42 Å². The Morgan fingerprint density at radius 3 is 0.703 bits per heavy atom. The smallest absolute Gasteiger partial charge is 0.394 e. The molecule has 7 nitrogen and oxygen atoms in total. The maximum absolute atomic E-state index is 9.78. The number of hydrogen-bond donors (Lipinski definition) is 3. The fourth-order valence-corrected chi connectivity index (χ4v) is 0.934. The van der Waals surface area contributed by atoms with E-state index in [2.05, 4.69) is 136 Å². The van der Waals surface area contributed by atoms with Crippen LogP contribution >= 0.6 is 0 Å². The van der Waals surface area contributed by atoms with Crippen molar-refractivity contribution >= 4 is 10.4 Å².